The number of alkyl halides is 6. The normalized spacial score (nSPS) is 20.6. The van der Waals surface area contributed by atoms with Crippen LogP contribution in [0, 0.1) is 0 Å². The Balaban J connectivity index is 1.24. The second-order valence-electron chi connectivity index (χ2n) is 9.02. The average molecular weight is 555 g/mol. The fraction of sp³-hybridized carbons (Fsp3) is 0.375. The smallest absolute Gasteiger partial charge is 0.474 e. The maximum absolute atomic E-state index is 13.1. The van der Waals surface area contributed by atoms with Gasteiger partial charge in [0.25, 0.3) is 5.91 Å². The van der Waals surface area contributed by atoms with Crippen molar-refractivity contribution in [1.82, 2.24) is 19.9 Å². The maximum atomic E-state index is 13.1. The Morgan fingerprint density at radius 1 is 0.923 bits per heavy atom. The zero-order valence-corrected chi connectivity index (χ0v) is 19.9. The number of benzene rings is 1. The van der Waals surface area contributed by atoms with Crippen molar-refractivity contribution in [3.05, 3.63) is 48.5 Å². The number of aromatic nitrogens is 3. The van der Waals surface area contributed by atoms with Crippen LogP contribution in [0.5, 0.6) is 11.6 Å². The molecule has 0 spiro atoms. The van der Waals surface area contributed by atoms with E-state index in [1.54, 1.807) is 0 Å². The number of halogens is 6. The predicted octanol–water partition coefficient (Wildman–Crippen LogP) is 5.10. The molecule has 206 valence electrons. The molecule has 0 bridgehead atoms. The maximum Gasteiger partial charge on any atom is 0.573 e. The highest BCUT2D eigenvalue weighted by Crippen LogP contribution is 2.35. The Bertz CT molecular complexity index is 1410. The Morgan fingerprint density at radius 3 is 2.36 bits per heavy atom. The topological polar surface area (TPSA) is 97.8 Å². The molecule has 2 fully saturated rings. The molecule has 0 unspecified atom stereocenters. The molecular weight excluding hydrogens is 536 g/mol. The van der Waals surface area contributed by atoms with Gasteiger partial charge in [0.15, 0.2) is 0 Å². The molecule has 1 aromatic carbocycles. The van der Waals surface area contributed by atoms with Crippen molar-refractivity contribution in [2.75, 3.05) is 11.4 Å². The lowest BCUT2D eigenvalue weighted by atomic mass is 9.92. The first-order valence-corrected chi connectivity index (χ1v) is 11.7. The third-order valence-electron chi connectivity index (χ3n) is 6.45. The second-order valence-corrected chi connectivity index (χ2v) is 9.02. The summed E-state index contributed by atoms with van der Waals surface area (Å²) in [5, 5.41) is 0.379. The molecule has 2 aliphatic rings. The number of pyridine rings is 1. The van der Waals surface area contributed by atoms with Crippen molar-refractivity contribution in [2.45, 2.75) is 50.4 Å². The lowest BCUT2D eigenvalue weighted by Gasteiger charge is -2.33. The minimum Gasteiger partial charge on any atom is -0.474 e. The molecule has 0 radical (unpaired) electrons. The number of nitrogens with zero attached hydrogens (tertiary/aromatic N) is 5. The molecule has 1 saturated carbocycles. The quantitative estimate of drug-likeness (QED) is 0.319. The van der Waals surface area contributed by atoms with E-state index in [9.17, 15) is 35.9 Å². The van der Waals surface area contributed by atoms with Crippen LogP contribution >= 0.6 is 0 Å². The predicted molar refractivity (Wildman–Crippen MR) is 122 cm³/mol. The lowest BCUT2D eigenvalue weighted by molar-refractivity contribution is -0.274. The van der Waals surface area contributed by atoms with Crippen LogP contribution in [0.1, 0.15) is 31.2 Å². The van der Waals surface area contributed by atoms with Gasteiger partial charge < -0.3 is 9.47 Å². The van der Waals surface area contributed by atoms with Crippen molar-refractivity contribution in [1.29, 1.82) is 0 Å². The molecule has 5 rings (SSSR count). The van der Waals surface area contributed by atoms with Crippen LogP contribution in [-0.4, -0.2) is 56.8 Å². The summed E-state index contributed by atoms with van der Waals surface area (Å²) in [6.45, 7) is -0.398. The number of rotatable bonds is 5. The number of carbonyl (C=O) groups is 2. The van der Waals surface area contributed by atoms with Gasteiger partial charge in [-0.15, -0.1) is 13.2 Å². The summed E-state index contributed by atoms with van der Waals surface area (Å²) >= 11 is 0. The third kappa shape index (κ3) is 5.66. The van der Waals surface area contributed by atoms with E-state index in [0.29, 0.717) is 37.3 Å². The van der Waals surface area contributed by atoms with Crippen LogP contribution in [0.2, 0.25) is 0 Å². The summed E-state index contributed by atoms with van der Waals surface area (Å²) in [4.78, 5) is 39.3. The largest absolute Gasteiger partial charge is 0.573 e. The molecule has 2 aromatic heterocycles. The van der Waals surface area contributed by atoms with Crippen molar-refractivity contribution in [3.8, 4) is 11.6 Å². The summed E-state index contributed by atoms with van der Waals surface area (Å²) in [5.74, 6) is -0.797. The summed E-state index contributed by atoms with van der Waals surface area (Å²) in [6.07, 6.45) is -5.37. The Morgan fingerprint density at radius 2 is 1.67 bits per heavy atom. The molecular formula is C24H19F6N5O4. The van der Waals surface area contributed by atoms with Gasteiger partial charge in [-0.2, -0.15) is 13.2 Å². The summed E-state index contributed by atoms with van der Waals surface area (Å²) < 4.78 is 86.6. The molecule has 3 aromatic rings. The molecule has 0 N–H and O–H groups in total. The second kappa shape index (κ2) is 9.85. The van der Waals surface area contributed by atoms with E-state index >= 15 is 0 Å². The minimum atomic E-state index is -4.85. The van der Waals surface area contributed by atoms with Crippen molar-refractivity contribution < 1.29 is 45.4 Å². The lowest BCUT2D eigenvalue weighted by Crippen LogP contribution is -2.44. The highest BCUT2D eigenvalue weighted by molar-refractivity contribution is 6.12. The van der Waals surface area contributed by atoms with Gasteiger partial charge in [-0.3, -0.25) is 19.6 Å². The van der Waals surface area contributed by atoms with Gasteiger partial charge in [-0.25, -0.2) is 14.8 Å². The zero-order chi connectivity index (χ0) is 27.9. The van der Waals surface area contributed by atoms with Gasteiger partial charge in [0.2, 0.25) is 5.88 Å². The van der Waals surface area contributed by atoms with E-state index in [1.165, 1.54) is 6.07 Å². The standard InChI is InChI=1S/C24H19F6N5O4/c25-23(26,27)13-7-15(10-31-9-13)34-11-20(36)35(22(34)37)14-1-3-16(4-2-14)38-21-18-6-5-17(39-24(28,29)30)8-19(18)32-12-33-21/h5-10,12,14,16H,1-4,11H2/t14-,16-. The number of hydrogen-bond donors (Lipinski definition) is 0. The fourth-order valence-electron chi connectivity index (χ4n) is 4.69. The summed E-state index contributed by atoms with van der Waals surface area (Å²) in [6, 6.07) is 3.18. The first kappa shape index (κ1) is 26.4. The minimum absolute atomic E-state index is 0.123. The highest BCUT2D eigenvalue weighted by atomic mass is 19.4. The van der Waals surface area contributed by atoms with Gasteiger partial charge in [-0.1, -0.05) is 0 Å². The average Bonchev–Trinajstić information content (AvgIpc) is 3.17. The monoisotopic (exact) mass is 555 g/mol. The van der Waals surface area contributed by atoms with Crippen LogP contribution in [-0.2, 0) is 11.0 Å². The molecule has 0 atom stereocenters. The Hall–Kier alpha value is -4.17. The third-order valence-corrected chi connectivity index (χ3v) is 6.45. The Kier molecular flexibility index (Phi) is 6.68. The van der Waals surface area contributed by atoms with Crippen molar-refractivity contribution >= 4 is 28.5 Å². The Labute approximate surface area is 216 Å². The first-order chi connectivity index (χ1) is 18.4. The molecule has 9 nitrogen and oxygen atoms in total. The van der Waals surface area contributed by atoms with Gasteiger partial charge in [0.05, 0.1) is 28.4 Å². The van der Waals surface area contributed by atoms with Gasteiger partial charge in [-0.05, 0) is 43.9 Å². The number of urea groups is 1. The molecule has 1 saturated heterocycles. The first-order valence-electron chi connectivity index (χ1n) is 11.7. The van der Waals surface area contributed by atoms with E-state index in [1.807, 2.05) is 0 Å². The van der Waals surface area contributed by atoms with Gasteiger partial charge in [0, 0.05) is 18.3 Å². The number of imide groups is 1. The van der Waals surface area contributed by atoms with E-state index in [2.05, 4.69) is 19.7 Å². The SMILES string of the molecule is O=C1CN(c2cncc(C(F)(F)F)c2)C(=O)N1[C@H]1CC[C@H](Oc2ncnc3cc(OC(F)(F)F)ccc23)CC1. The van der Waals surface area contributed by atoms with Crippen molar-refractivity contribution in [2.24, 2.45) is 0 Å². The molecule has 1 aliphatic heterocycles. The van der Waals surface area contributed by atoms with E-state index in [4.69, 9.17) is 4.74 Å². The van der Waals surface area contributed by atoms with Gasteiger partial charge >= 0.3 is 18.6 Å². The number of anilines is 1. The van der Waals surface area contributed by atoms with Crippen LogP contribution in [0.3, 0.4) is 0 Å². The summed E-state index contributed by atoms with van der Waals surface area (Å²) in [7, 11) is 0. The molecule has 15 heteroatoms. The number of fused-ring (bicyclic) bond motifs is 1. The van der Waals surface area contributed by atoms with Crippen LogP contribution < -0.4 is 14.4 Å². The van der Waals surface area contributed by atoms with E-state index < -0.39 is 48.4 Å². The zero-order valence-electron chi connectivity index (χ0n) is 19.9. The van der Waals surface area contributed by atoms with Crippen LogP contribution in [0.25, 0.3) is 10.9 Å². The molecule has 3 amide bonds. The fourth-order valence-corrected chi connectivity index (χ4v) is 4.69. The van der Waals surface area contributed by atoms with E-state index in [-0.39, 0.29) is 23.2 Å². The molecule has 3 heterocycles. The van der Waals surface area contributed by atoms with Gasteiger partial charge in [0.1, 0.15) is 24.7 Å². The van der Waals surface area contributed by atoms with E-state index in [0.717, 1.165) is 40.5 Å². The molecule has 39 heavy (non-hydrogen) atoms. The summed E-state index contributed by atoms with van der Waals surface area (Å²) in [5.41, 5.74) is -0.965. The number of hydrogen-bond acceptors (Lipinski definition) is 7. The number of carbonyl (C=O) groups excluding carboxylic acids is 2. The number of amides is 3. The van der Waals surface area contributed by atoms with Crippen LogP contribution in [0.4, 0.5) is 36.8 Å². The van der Waals surface area contributed by atoms with Crippen molar-refractivity contribution in [3.63, 3.8) is 0 Å². The number of ether oxygens (including phenoxy) is 2. The molecule has 1 aliphatic carbocycles. The van der Waals surface area contributed by atoms with Crippen LogP contribution in [0.15, 0.2) is 43.0 Å². The highest BCUT2D eigenvalue weighted by Gasteiger charge is 2.43.